The molecule has 8 nitrogen and oxygen atoms in total. The molecule has 6 rings (SSSR count). The zero-order valence-electron chi connectivity index (χ0n) is 22.5. The molecule has 1 aliphatic heterocycles. The van der Waals surface area contributed by atoms with Crippen LogP contribution in [0.1, 0.15) is 37.7 Å². The summed E-state index contributed by atoms with van der Waals surface area (Å²) < 4.78 is 16.8. The summed E-state index contributed by atoms with van der Waals surface area (Å²) in [5.74, 6) is 1.82. The van der Waals surface area contributed by atoms with Crippen LogP contribution < -0.4 is 14.8 Å². The second-order valence-corrected chi connectivity index (χ2v) is 9.87. The molecule has 0 saturated heterocycles. The van der Waals surface area contributed by atoms with Gasteiger partial charge < -0.3 is 29.1 Å². The number of aryl methyl sites for hydroxylation is 1. The first-order valence-corrected chi connectivity index (χ1v) is 13.1. The first kappa shape index (κ1) is 25.3. The summed E-state index contributed by atoms with van der Waals surface area (Å²) in [6.07, 6.45) is 0.723. The minimum absolute atomic E-state index is 0.163. The van der Waals surface area contributed by atoms with Crippen LogP contribution in [-0.2, 0) is 13.0 Å². The Balaban J connectivity index is 1.13. The third-order valence-electron chi connectivity index (χ3n) is 7.38. The number of anilines is 1. The van der Waals surface area contributed by atoms with Crippen molar-refractivity contribution >= 4 is 28.4 Å². The number of hydrogen-bond donors (Lipinski definition) is 2. The van der Waals surface area contributed by atoms with Gasteiger partial charge in [0.25, 0.3) is 11.8 Å². The summed E-state index contributed by atoms with van der Waals surface area (Å²) >= 11 is 0. The van der Waals surface area contributed by atoms with Gasteiger partial charge in [-0.05, 0) is 90.7 Å². The van der Waals surface area contributed by atoms with Crippen molar-refractivity contribution in [2.75, 3.05) is 26.1 Å². The second-order valence-electron chi connectivity index (χ2n) is 9.87. The fraction of sp³-hybridized carbons (Fsp3) is 0.188. The Labute approximate surface area is 231 Å². The molecule has 5 aromatic rings. The number of aromatic amines is 1. The van der Waals surface area contributed by atoms with Crippen LogP contribution in [0.25, 0.3) is 22.2 Å². The van der Waals surface area contributed by atoms with Gasteiger partial charge in [-0.1, -0.05) is 12.1 Å². The largest absolute Gasteiger partial charge is 0.493 e. The van der Waals surface area contributed by atoms with Crippen molar-refractivity contribution in [1.82, 2.24) is 9.88 Å². The van der Waals surface area contributed by atoms with Crippen LogP contribution in [0, 0.1) is 6.92 Å². The smallest absolute Gasteiger partial charge is 0.289 e. The number of methoxy groups -OCH3 is 2. The number of rotatable bonds is 6. The molecule has 3 heterocycles. The Kier molecular flexibility index (Phi) is 6.51. The van der Waals surface area contributed by atoms with Crippen molar-refractivity contribution in [2.45, 2.75) is 19.9 Å². The topological polar surface area (TPSA) is 96.8 Å². The van der Waals surface area contributed by atoms with Gasteiger partial charge in [-0.3, -0.25) is 9.59 Å². The van der Waals surface area contributed by atoms with Crippen LogP contribution in [-0.4, -0.2) is 42.5 Å². The van der Waals surface area contributed by atoms with E-state index in [0.29, 0.717) is 41.7 Å². The molecule has 1 aliphatic rings. The number of carbonyl (C=O) groups excluding carboxylic acids is 2. The fourth-order valence-electron chi connectivity index (χ4n) is 5.17. The highest BCUT2D eigenvalue weighted by atomic mass is 16.5. The molecule has 0 atom stereocenters. The van der Waals surface area contributed by atoms with Crippen LogP contribution in [0.15, 0.2) is 77.2 Å². The number of fused-ring (bicyclic) bond motifs is 2. The van der Waals surface area contributed by atoms with E-state index in [1.165, 1.54) is 0 Å². The molecule has 2 N–H and O–H groups in total. The zero-order valence-corrected chi connectivity index (χ0v) is 22.5. The van der Waals surface area contributed by atoms with E-state index in [-0.39, 0.29) is 17.6 Å². The summed E-state index contributed by atoms with van der Waals surface area (Å²) in [7, 11) is 3.22. The number of carbonyl (C=O) groups is 2. The van der Waals surface area contributed by atoms with E-state index >= 15 is 0 Å². The van der Waals surface area contributed by atoms with E-state index in [1.54, 1.807) is 31.3 Å². The van der Waals surface area contributed by atoms with Crippen LogP contribution >= 0.6 is 0 Å². The summed E-state index contributed by atoms with van der Waals surface area (Å²) in [6, 6.07) is 22.5. The first-order valence-electron chi connectivity index (χ1n) is 13.1. The van der Waals surface area contributed by atoms with Gasteiger partial charge in [0.15, 0.2) is 17.3 Å². The highest BCUT2D eigenvalue weighted by Crippen LogP contribution is 2.34. The molecule has 0 saturated carbocycles. The number of furan rings is 1. The van der Waals surface area contributed by atoms with Crippen LogP contribution in [0.4, 0.5) is 5.69 Å². The monoisotopic (exact) mass is 535 g/mol. The molecular weight excluding hydrogens is 506 g/mol. The van der Waals surface area contributed by atoms with E-state index in [9.17, 15) is 9.59 Å². The third-order valence-corrected chi connectivity index (χ3v) is 7.38. The lowest BCUT2D eigenvalue weighted by Gasteiger charge is -2.29. The van der Waals surface area contributed by atoms with Gasteiger partial charge in [0.1, 0.15) is 11.5 Å². The van der Waals surface area contributed by atoms with Crippen LogP contribution in [0.5, 0.6) is 11.5 Å². The molecule has 0 bridgehead atoms. The number of aromatic nitrogens is 1. The van der Waals surface area contributed by atoms with Gasteiger partial charge in [-0.25, -0.2) is 0 Å². The Morgan fingerprint density at radius 1 is 0.925 bits per heavy atom. The molecule has 2 aromatic heterocycles. The maximum Gasteiger partial charge on any atom is 0.289 e. The lowest BCUT2D eigenvalue weighted by Crippen LogP contribution is -2.35. The molecule has 0 fully saturated rings. The van der Waals surface area contributed by atoms with Crippen molar-refractivity contribution in [3.05, 3.63) is 101 Å². The second kappa shape index (κ2) is 10.3. The normalized spacial score (nSPS) is 12.7. The molecule has 0 spiro atoms. The minimum Gasteiger partial charge on any atom is -0.493 e. The number of ether oxygens (including phenoxy) is 2. The van der Waals surface area contributed by atoms with E-state index in [4.69, 9.17) is 13.9 Å². The predicted octanol–water partition coefficient (Wildman–Crippen LogP) is 6.20. The van der Waals surface area contributed by atoms with E-state index < -0.39 is 0 Å². The number of nitrogens with one attached hydrogen (secondary N) is 2. The van der Waals surface area contributed by atoms with Crippen molar-refractivity contribution in [2.24, 2.45) is 0 Å². The maximum atomic E-state index is 13.3. The summed E-state index contributed by atoms with van der Waals surface area (Å²) in [5.41, 5.74) is 6.18. The lowest BCUT2D eigenvalue weighted by molar-refractivity contribution is 0.0703. The molecule has 8 heteroatoms. The van der Waals surface area contributed by atoms with E-state index in [2.05, 4.69) is 10.3 Å². The first-order chi connectivity index (χ1) is 19.4. The van der Waals surface area contributed by atoms with Gasteiger partial charge in [-0.2, -0.15) is 0 Å². The molecule has 40 heavy (non-hydrogen) atoms. The summed E-state index contributed by atoms with van der Waals surface area (Å²) in [4.78, 5) is 31.0. The molecule has 0 radical (unpaired) electrons. The molecule has 0 unspecified atom stereocenters. The summed E-state index contributed by atoms with van der Waals surface area (Å²) in [5, 5.41) is 3.96. The average molecular weight is 536 g/mol. The zero-order chi connectivity index (χ0) is 27.8. The number of nitrogens with zero attached hydrogens (tertiary/aromatic N) is 1. The predicted molar refractivity (Wildman–Crippen MR) is 153 cm³/mol. The van der Waals surface area contributed by atoms with Gasteiger partial charge in [0.2, 0.25) is 0 Å². The van der Waals surface area contributed by atoms with Gasteiger partial charge in [-0.15, -0.1) is 0 Å². The summed E-state index contributed by atoms with van der Waals surface area (Å²) in [6.45, 7) is 3.07. The standard InChI is InChI=1S/C32H29N3O5/c1-19-5-4-6-25-24(19)17-26(34-25)31(36)33-23-9-7-20(8-10-23)27-11-12-28(40-27)32(37)35-14-13-21-15-29(38-2)30(39-3)16-22(21)18-35/h4-12,15-17,34H,13-14,18H2,1-3H3,(H,33,36). The van der Waals surface area contributed by atoms with Gasteiger partial charge >= 0.3 is 0 Å². The Hall–Kier alpha value is -4.98. The van der Waals surface area contributed by atoms with E-state index in [1.807, 2.05) is 67.6 Å². The number of amides is 2. The minimum atomic E-state index is -0.214. The molecule has 202 valence electrons. The number of H-pyrrole nitrogens is 1. The van der Waals surface area contributed by atoms with Crippen molar-refractivity contribution in [3.8, 4) is 22.8 Å². The van der Waals surface area contributed by atoms with Gasteiger partial charge in [0.05, 0.1) is 14.2 Å². The fourth-order valence-corrected chi connectivity index (χ4v) is 5.17. The lowest BCUT2D eigenvalue weighted by atomic mass is 9.98. The highest BCUT2D eigenvalue weighted by molar-refractivity contribution is 6.06. The number of hydrogen-bond acceptors (Lipinski definition) is 5. The van der Waals surface area contributed by atoms with Crippen molar-refractivity contribution in [1.29, 1.82) is 0 Å². The maximum absolute atomic E-state index is 13.3. The average Bonchev–Trinajstić information content (AvgIpc) is 3.65. The van der Waals surface area contributed by atoms with Crippen molar-refractivity contribution in [3.63, 3.8) is 0 Å². The Morgan fingerprint density at radius 3 is 2.40 bits per heavy atom. The molecular formula is C32H29N3O5. The SMILES string of the molecule is COc1cc2c(cc1OC)CN(C(=O)c1ccc(-c3ccc(NC(=O)c4cc5c(C)cccc5[nH]4)cc3)o1)CC2. The van der Waals surface area contributed by atoms with Gasteiger partial charge in [0, 0.05) is 35.2 Å². The Bertz CT molecular complexity index is 1730. The molecule has 0 aliphatic carbocycles. The van der Waals surface area contributed by atoms with Crippen LogP contribution in [0.2, 0.25) is 0 Å². The third kappa shape index (κ3) is 4.68. The molecule has 3 aromatic carbocycles. The highest BCUT2D eigenvalue weighted by Gasteiger charge is 2.26. The quantitative estimate of drug-likeness (QED) is 0.270. The van der Waals surface area contributed by atoms with Crippen molar-refractivity contribution < 1.29 is 23.5 Å². The number of benzene rings is 3. The Morgan fingerprint density at radius 2 is 1.68 bits per heavy atom. The van der Waals surface area contributed by atoms with Crippen LogP contribution in [0.3, 0.4) is 0 Å². The molecule has 2 amide bonds. The van der Waals surface area contributed by atoms with E-state index in [0.717, 1.165) is 39.6 Å².